The van der Waals surface area contributed by atoms with E-state index in [-0.39, 0.29) is 11.6 Å². The summed E-state index contributed by atoms with van der Waals surface area (Å²) < 4.78 is 2.56. The molecule has 170 valence electrons. The Morgan fingerprint density at radius 2 is 1.80 bits per heavy atom. The lowest BCUT2D eigenvalue weighted by Crippen LogP contribution is -2.38. The summed E-state index contributed by atoms with van der Waals surface area (Å²) in [5.41, 5.74) is 7.77. The van der Waals surface area contributed by atoms with Crippen molar-refractivity contribution in [2.24, 2.45) is 4.99 Å². The quantitative estimate of drug-likeness (QED) is 0.349. The van der Waals surface area contributed by atoms with E-state index in [1.54, 1.807) is 0 Å². The molecule has 2 aliphatic rings. The molecule has 1 aliphatic carbocycles. The predicted molar refractivity (Wildman–Crippen MR) is 142 cm³/mol. The fourth-order valence-corrected chi connectivity index (χ4v) is 6.44. The van der Waals surface area contributed by atoms with Crippen LogP contribution in [-0.2, 0) is 6.42 Å². The topological polar surface area (TPSA) is 50.1 Å². The highest BCUT2D eigenvalue weighted by Gasteiger charge is 2.32. The molecule has 0 radical (unpaired) electrons. The molecule has 7 rings (SSSR count). The molecule has 0 bridgehead atoms. The van der Waals surface area contributed by atoms with E-state index in [2.05, 4.69) is 35.3 Å². The van der Waals surface area contributed by atoms with Crippen LogP contribution in [0.25, 0.3) is 22.7 Å². The minimum atomic E-state index is -0.197. The highest BCUT2D eigenvalue weighted by Crippen LogP contribution is 2.41. The molecular formula is C29H20ClN3OS. The minimum absolute atomic E-state index is 0.00982. The van der Waals surface area contributed by atoms with Crippen LogP contribution < -0.4 is 14.9 Å². The van der Waals surface area contributed by atoms with Gasteiger partial charge in [0.1, 0.15) is 0 Å². The molecule has 0 saturated carbocycles. The summed E-state index contributed by atoms with van der Waals surface area (Å²) in [5.74, 6) is 0. The number of rotatable bonds is 2. The van der Waals surface area contributed by atoms with Crippen molar-refractivity contribution < 1.29 is 0 Å². The van der Waals surface area contributed by atoms with Crippen molar-refractivity contribution in [3.63, 3.8) is 0 Å². The second-order valence-electron chi connectivity index (χ2n) is 8.95. The first kappa shape index (κ1) is 20.7. The number of hydrogen-bond donors (Lipinski definition) is 1. The van der Waals surface area contributed by atoms with E-state index in [1.807, 2.05) is 59.3 Å². The summed E-state index contributed by atoms with van der Waals surface area (Å²) in [6.07, 6.45) is 5.75. The van der Waals surface area contributed by atoms with Crippen LogP contribution >= 0.6 is 22.9 Å². The van der Waals surface area contributed by atoms with Crippen molar-refractivity contribution in [1.82, 2.24) is 9.55 Å². The minimum Gasteiger partial charge on any atom is -0.361 e. The average molecular weight is 494 g/mol. The average Bonchev–Trinajstić information content (AvgIpc) is 3.44. The molecular weight excluding hydrogens is 474 g/mol. The number of nitrogens with zero attached hydrogens (tertiary/aromatic N) is 2. The summed E-state index contributed by atoms with van der Waals surface area (Å²) >= 11 is 7.67. The van der Waals surface area contributed by atoms with Crippen LogP contribution in [-0.4, -0.2) is 9.55 Å². The van der Waals surface area contributed by atoms with Gasteiger partial charge in [-0.15, -0.1) is 0 Å². The van der Waals surface area contributed by atoms with E-state index in [0.717, 1.165) is 45.4 Å². The Bertz CT molecular complexity index is 1840. The molecule has 1 atom stereocenters. The van der Waals surface area contributed by atoms with Gasteiger partial charge >= 0.3 is 0 Å². The van der Waals surface area contributed by atoms with Gasteiger partial charge in [0.05, 0.1) is 16.3 Å². The van der Waals surface area contributed by atoms with E-state index in [1.165, 1.54) is 28.0 Å². The highest BCUT2D eigenvalue weighted by molar-refractivity contribution is 7.07. The molecule has 5 aromatic rings. The van der Waals surface area contributed by atoms with Gasteiger partial charge in [0.2, 0.25) is 0 Å². The summed E-state index contributed by atoms with van der Waals surface area (Å²) in [7, 11) is 0. The number of benzene rings is 3. The number of para-hydroxylation sites is 1. The number of allylic oxidation sites excluding steroid dienone is 1. The Kier molecular flexibility index (Phi) is 4.69. The highest BCUT2D eigenvalue weighted by atomic mass is 35.5. The molecule has 0 unspecified atom stereocenters. The van der Waals surface area contributed by atoms with Crippen LogP contribution in [0.5, 0.6) is 0 Å². The van der Waals surface area contributed by atoms with Crippen molar-refractivity contribution in [1.29, 1.82) is 0 Å². The Balaban J connectivity index is 1.50. The lowest BCUT2D eigenvalue weighted by molar-refractivity contribution is 0.585. The number of aryl methyl sites for hydroxylation is 1. The molecule has 4 nitrogen and oxygen atoms in total. The number of hydrogen-bond acceptors (Lipinski definition) is 3. The van der Waals surface area contributed by atoms with E-state index < -0.39 is 0 Å². The smallest absolute Gasteiger partial charge is 0.271 e. The van der Waals surface area contributed by atoms with Crippen LogP contribution in [0.3, 0.4) is 0 Å². The zero-order valence-corrected chi connectivity index (χ0v) is 20.2. The van der Waals surface area contributed by atoms with Gasteiger partial charge in [-0.1, -0.05) is 77.5 Å². The van der Waals surface area contributed by atoms with Crippen LogP contribution in [0.4, 0.5) is 0 Å². The molecule has 2 aromatic heterocycles. The van der Waals surface area contributed by atoms with Crippen molar-refractivity contribution in [3.05, 3.63) is 132 Å². The molecule has 1 aliphatic heterocycles. The third-order valence-electron chi connectivity index (χ3n) is 6.97. The maximum absolute atomic E-state index is 13.9. The van der Waals surface area contributed by atoms with Crippen molar-refractivity contribution in [2.75, 3.05) is 0 Å². The normalized spacial score (nSPS) is 17.2. The standard InChI is InChI=1S/C29H20ClN3OS/c30-20-12-9-18(10-13-20)27-23-14-11-17-5-1-2-7-22(17)26(23)32-29-33(27)28(34)25(35-29)15-19-16-31-24-8-4-3-6-21(19)24/h1-10,12-13,15-16,27,31H,11,14H2/b25-15+/t27-/m0/s1. The Hall–Kier alpha value is -3.67. The summed E-state index contributed by atoms with van der Waals surface area (Å²) in [6, 6.07) is 24.3. The number of halogens is 1. The van der Waals surface area contributed by atoms with Gasteiger partial charge in [-0.2, -0.15) is 0 Å². The van der Waals surface area contributed by atoms with Crippen LogP contribution in [0.1, 0.15) is 34.7 Å². The first-order chi connectivity index (χ1) is 17.2. The largest absolute Gasteiger partial charge is 0.361 e. The second-order valence-corrected chi connectivity index (χ2v) is 10.4. The van der Waals surface area contributed by atoms with Crippen LogP contribution in [0, 0.1) is 0 Å². The fraction of sp³-hybridized carbons (Fsp3) is 0.103. The van der Waals surface area contributed by atoms with Crippen molar-refractivity contribution in [3.8, 4) is 0 Å². The molecule has 0 spiro atoms. The lowest BCUT2D eigenvalue weighted by atomic mass is 9.83. The van der Waals surface area contributed by atoms with Crippen LogP contribution in [0.2, 0.25) is 5.02 Å². The number of aromatic nitrogens is 2. The summed E-state index contributed by atoms with van der Waals surface area (Å²) in [4.78, 5) is 23.0. The van der Waals surface area contributed by atoms with Crippen LogP contribution in [0.15, 0.2) is 94.4 Å². The Morgan fingerprint density at radius 3 is 2.69 bits per heavy atom. The Morgan fingerprint density at radius 1 is 1.00 bits per heavy atom. The molecule has 3 heterocycles. The van der Waals surface area contributed by atoms with Crippen molar-refractivity contribution in [2.45, 2.75) is 18.9 Å². The van der Waals surface area contributed by atoms with Gasteiger partial charge in [-0.05, 0) is 53.8 Å². The molecule has 0 fully saturated rings. The fourth-order valence-electron chi connectivity index (χ4n) is 5.32. The number of thiazole rings is 1. The third-order valence-corrected chi connectivity index (χ3v) is 8.20. The van der Waals surface area contributed by atoms with E-state index in [4.69, 9.17) is 16.6 Å². The van der Waals surface area contributed by atoms with Gasteiger partial charge in [0, 0.05) is 33.2 Å². The summed E-state index contributed by atoms with van der Waals surface area (Å²) in [5, 5.41) is 1.78. The Labute approximate surface area is 210 Å². The summed E-state index contributed by atoms with van der Waals surface area (Å²) in [6.45, 7) is 0. The first-order valence-electron chi connectivity index (χ1n) is 11.6. The first-order valence-corrected chi connectivity index (χ1v) is 12.8. The van der Waals surface area contributed by atoms with Gasteiger partial charge in [0.25, 0.3) is 5.56 Å². The monoisotopic (exact) mass is 493 g/mol. The number of H-pyrrole nitrogens is 1. The lowest BCUT2D eigenvalue weighted by Gasteiger charge is -2.30. The zero-order chi connectivity index (χ0) is 23.5. The second kappa shape index (κ2) is 7.94. The molecule has 6 heteroatoms. The molecule has 0 saturated heterocycles. The van der Waals surface area contributed by atoms with Gasteiger partial charge < -0.3 is 4.98 Å². The zero-order valence-electron chi connectivity index (χ0n) is 18.7. The van der Waals surface area contributed by atoms with Gasteiger partial charge in [0.15, 0.2) is 4.80 Å². The van der Waals surface area contributed by atoms with Crippen molar-refractivity contribution >= 4 is 45.6 Å². The number of nitrogens with one attached hydrogen (secondary N) is 1. The van der Waals surface area contributed by atoms with E-state index >= 15 is 0 Å². The number of aromatic amines is 1. The number of fused-ring (bicyclic) bond motifs is 4. The third kappa shape index (κ3) is 3.27. The van der Waals surface area contributed by atoms with E-state index in [0.29, 0.717) is 9.55 Å². The molecule has 1 N–H and O–H groups in total. The SMILES string of the molecule is O=c1/c(=C\c2c[nH]c3ccccc23)sc2n1[C@@H](c1ccc(Cl)cc1)C1=C(N=2)c2ccccc2CC1. The van der Waals surface area contributed by atoms with Gasteiger partial charge in [-0.25, -0.2) is 4.99 Å². The molecule has 3 aromatic carbocycles. The van der Waals surface area contributed by atoms with Gasteiger partial charge in [-0.3, -0.25) is 9.36 Å². The molecule has 35 heavy (non-hydrogen) atoms. The van der Waals surface area contributed by atoms with E-state index in [9.17, 15) is 4.79 Å². The predicted octanol–water partition coefficient (Wildman–Crippen LogP) is 5.45. The maximum Gasteiger partial charge on any atom is 0.271 e. The molecule has 0 amide bonds. The maximum atomic E-state index is 13.9.